The molecule has 2 rings (SSSR count). The number of nitrogens with one attached hydrogen (secondary N) is 1. The summed E-state index contributed by atoms with van der Waals surface area (Å²) >= 11 is 0. The summed E-state index contributed by atoms with van der Waals surface area (Å²) < 4.78 is 5.48. The number of hydrogen-bond donors (Lipinski definition) is 2. The third-order valence-corrected chi connectivity index (χ3v) is 3.43. The number of nitrogens with zero attached hydrogens (tertiary/aromatic N) is 1. The van der Waals surface area contributed by atoms with Crippen molar-refractivity contribution >= 4 is 11.6 Å². The van der Waals surface area contributed by atoms with Crippen molar-refractivity contribution in [1.29, 1.82) is 0 Å². The molecule has 0 spiro atoms. The predicted molar refractivity (Wildman–Crippen MR) is 79.7 cm³/mol. The molecule has 1 saturated heterocycles. The van der Waals surface area contributed by atoms with Gasteiger partial charge in [-0.3, -0.25) is 4.79 Å². The van der Waals surface area contributed by atoms with Crippen molar-refractivity contribution in [1.82, 2.24) is 10.2 Å². The number of benzene rings is 1. The van der Waals surface area contributed by atoms with Gasteiger partial charge in [-0.25, -0.2) is 0 Å². The molecule has 5 heteroatoms. The Morgan fingerprint density at radius 1 is 1.25 bits per heavy atom. The summed E-state index contributed by atoms with van der Waals surface area (Å²) in [5, 5.41) is 2.92. The summed E-state index contributed by atoms with van der Waals surface area (Å²) in [4.78, 5) is 14.0. The molecule has 1 aliphatic heterocycles. The summed E-state index contributed by atoms with van der Waals surface area (Å²) in [6.07, 6.45) is 2.94. The lowest BCUT2D eigenvalue weighted by Crippen LogP contribution is -2.34. The Morgan fingerprint density at radius 2 is 1.95 bits per heavy atom. The van der Waals surface area contributed by atoms with Crippen LogP contribution in [0.4, 0.5) is 5.69 Å². The topological polar surface area (TPSA) is 67.6 Å². The van der Waals surface area contributed by atoms with Crippen LogP contribution in [0.2, 0.25) is 0 Å². The molecule has 110 valence electrons. The zero-order valence-electron chi connectivity index (χ0n) is 11.8. The van der Waals surface area contributed by atoms with Gasteiger partial charge in [0.1, 0.15) is 5.75 Å². The Balaban J connectivity index is 1.54. The number of carbonyl (C=O) groups is 1. The highest BCUT2D eigenvalue weighted by Crippen LogP contribution is 2.13. The van der Waals surface area contributed by atoms with E-state index < -0.39 is 0 Å². The number of anilines is 1. The minimum atomic E-state index is 0.0413. The molecule has 0 unspecified atom stereocenters. The van der Waals surface area contributed by atoms with E-state index in [-0.39, 0.29) is 5.91 Å². The van der Waals surface area contributed by atoms with Crippen LogP contribution in [0, 0.1) is 0 Å². The second-order valence-corrected chi connectivity index (χ2v) is 5.07. The quantitative estimate of drug-likeness (QED) is 0.736. The van der Waals surface area contributed by atoms with Crippen LogP contribution < -0.4 is 15.8 Å². The van der Waals surface area contributed by atoms with Gasteiger partial charge in [0.2, 0.25) is 5.91 Å². The number of carbonyl (C=O) groups excluding carboxylic acids is 1. The van der Waals surface area contributed by atoms with Gasteiger partial charge in [-0.05, 0) is 50.2 Å². The highest BCUT2D eigenvalue weighted by atomic mass is 16.5. The first kappa shape index (κ1) is 14.7. The predicted octanol–water partition coefficient (Wildman–Crippen LogP) is 1.25. The van der Waals surface area contributed by atoms with Gasteiger partial charge in [0.15, 0.2) is 0 Å². The van der Waals surface area contributed by atoms with Crippen molar-refractivity contribution in [2.75, 3.05) is 38.5 Å². The van der Waals surface area contributed by atoms with E-state index in [9.17, 15) is 4.79 Å². The summed E-state index contributed by atoms with van der Waals surface area (Å²) in [7, 11) is 0. The fourth-order valence-corrected chi connectivity index (χ4v) is 2.27. The van der Waals surface area contributed by atoms with Crippen molar-refractivity contribution in [2.24, 2.45) is 0 Å². The normalized spacial score (nSPS) is 15.2. The number of nitrogens with two attached hydrogens (primary N) is 1. The summed E-state index contributed by atoms with van der Waals surface area (Å²) in [6, 6.07) is 7.18. The molecule has 5 nitrogen and oxygen atoms in total. The van der Waals surface area contributed by atoms with Crippen LogP contribution in [0.25, 0.3) is 0 Å². The zero-order chi connectivity index (χ0) is 14.2. The van der Waals surface area contributed by atoms with Gasteiger partial charge in [-0.1, -0.05) is 0 Å². The zero-order valence-corrected chi connectivity index (χ0v) is 11.8. The molecule has 20 heavy (non-hydrogen) atoms. The minimum Gasteiger partial charge on any atom is -0.493 e. The summed E-state index contributed by atoms with van der Waals surface area (Å²) in [6.45, 7) is 4.39. The van der Waals surface area contributed by atoms with Gasteiger partial charge in [-0.2, -0.15) is 0 Å². The fraction of sp³-hybridized carbons (Fsp3) is 0.533. The first-order valence-electron chi connectivity index (χ1n) is 7.21. The standard InChI is InChI=1S/C15H23N3O2/c16-13-3-5-14(6-4-13)20-12-7-15(19)17-8-11-18-9-1-2-10-18/h3-6H,1-2,7-12,16H2,(H,17,19). The number of ether oxygens (including phenoxy) is 1. The van der Waals surface area contributed by atoms with E-state index in [4.69, 9.17) is 10.5 Å². The molecule has 1 aromatic carbocycles. The lowest BCUT2D eigenvalue weighted by atomic mass is 10.3. The van der Waals surface area contributed by atoms with E-state index in [1.54, 1.807) is 24.3 Å². The van der Waals surface area contributed by atoms with E-state index in [2.05, 4.69) is 10.2 Å². The Bertz CT molecular complexity index is 414. The van der Waals surface area contributed by atoms with Gasteiger partial charge in [-0.15, -0.1) is 0 Å². The molecule has 0 atom stereocenters. The van der Waals surface area contributed by atoms with Crippen molar-refractivity contribution in [3.8, 4) is 5.75 Å². The Hall–Kier alpha value is -1.75. The van der Waals surface area contributed by atoms with E-state index in [0.717, 1.165) is 31.9 Å². The maximum atomic E-state index is 11.6. The first-order valence-corrected chi connectivity index (χ1v) is 7.21. The second-order valence-electron chi connectivity index (χ2n) is 5.07. The SMILES string of the molecule is Nc1ccc(OCCC(=O)NCCN2CCCC2)cc1. The van der Waals surface area contributed by atoms with Gasteiger partial charge in [0, 0.05) is 18.8 Å². The molecule has 0 radical (unpaired) electrons. The Kier molecular flexibility index (Phi) is 5.68. The highest BCUT2D eigenvalue weighted by Gasteiger charge is 2.10. The van der Waals surface area contributed by atoms with E-state index in [0.29, 0.717) is 18.7 Å². The fourth-order valence-electron chi connectivity index (χ4n) is 2.27. The van der Waals surface area contributed by atoms with Crippen LogP contribution >= 0.6 is 0 Å². The molecule has 0 aliphatic carbocycles. The van der Waals surface area contributed by atoms with E-state index >= 15 is 0 Å². The van der Waals surface area contributed by atoms with Gasteiger partial charge >= 0.3 is 0 Å². The Morgan fingerprint density at radius 3 is 2.65 bits per heavy atom. The average Bonchev–Trinajstić information content (AvgIpc) is 2.94. The maximum Gasteiger partial charge on any atom is 0.223 e. The number of nitrogen functional groups attached to an aromatic ring is 1. The monoisotopic (exact) mass is 277 g/mol. The molecule has 1 aliphatic rings. The molecule has 0 aromatic heterocycles. The first-order chi connectivity index (χ1) is 9.74. The van der Waals surface area contributed by atoms with Crippen LogP contribution in [-0.4, -0.2) is 43.6 Å². The molecule has 1 amide bonds. The molecule has 0 saturated carbocycles. The number of likely N-dealkylation sites (tertiary alicyclic amines) is 1. The molecular formula is C15H23N3O2. The number of hydrogen-bond acceptors (Lipinski definition) is 4. The van der Waals surface area contributed by atoms with Crippen LogP contribution in [0.5, 0.6) is 5.75 Å². The van der Waals surface area contributed by atoms with Crippen molar-refractivity contribution < 1.29 is 9.53 Å². The second kappa shape index (κ2) is 7.75. The van der Waals surface area contributed by atoms with Crippen LogP contribution in [0.15, 0.2) is 24.3 Å². The lowest BCUT2D eigenvalue weighted by molar-refractivity contribution is -0.121. The van der Waals surface area contributed by atoms with Crippen molar-refractivity contribution in [2.45, 2.75) is 19.3 Å². The molecule has 3 N–H and O–H groups in total. The van der Waals surface area contributed by atoms with Crippen molar-refractivity contribution in [3.05, 3.63) is 24.3 Å². The molecule has 1 fully saturated rings. The lowest BCUT2D eigenvalue weighted by Gasteiger charge is -2.14. The smallest absolute Gasteiger partial charge is 0.223 e. The number of amides is 1. The molecular weight excluding hydrogens is 254 g/mol. The third kappa shape index (κ3) is 5.09. The van der Waals surface area contributed by atoms with Gasteiger partial charge < -0.3 is 20.7 Å². The van der Waals surface area contributed by atoms with Gasteiger partial charge in [0.25, 0.3) is 0 Å². The molecule has 1 aromatic rings. The largest absolute Gasteiger partial charge is 0.493 e. The summed E-state index contributed by atoms with van der Waals surface area (Å²) in [5.74, 6) is 0.781. The third-order valence-electron chi connectivity index (χ3n) is 3.43. The highest BCUT2D eigenvalue weighted by molar-refractivity contribution is 5.75. The number of rotatable bonds is 7. The van der Waals surface area contributed by atoms with E-state index in [1.165, 1.54) is 12.8 Å². The Labute approximate surface area is 120 Å². The molecule has 0 bridgehead atoms. The van der Waals surface area contributed by atoms with Crippen LogP contribution in [0.3, 0.4) is 0 Å². The van der Waals surface area contributed by atoms with Gasteiger partial charge in [0.05, 0.1) is 13.0 Å². The van der Waals surface area contributed by atoms with Crippen molar-refractivity contribution in [3.63, 3.8) is 0 Å². The average molecular weight is 277 g/mol. The molecule has 1 heterocycles. The minimum absolute atomic E-state index is 0.0413. The maximum absolute atomic E-state index is 11.6. The summed E-state index contributed by atoms with van der Waals surface area (Å²) in [5.41, 5.74) is 6.29. The van der Waals surface area contributed by atoms with E-state index in [1.807, 2.05) is 0 Å². The van der Waals surface area contributed by atoms with Crippen LogP contribution in [0.1, 0.15) is 19.3 Å². The van der Waals surface area contributed by atoms with Crippen LogP contribution in [-0.2, 0) is 4.79 Å².